The van der Waals surface area contributed by atoms with Crippen LogP contribution in [0.3, 0.4) is 0 Å². The first-order valence-corrected chi connectivity index (χ1v) is 9.78. The van der Waals surface area contributed by atoms with Gasteiger partial charge in [0.25, 0.3) is 11.8 Å². The molecular weight excluding hydrogens is 374 g/mol. The Morgan fingerprint density at radius 1 is 1.07 bits per heavy atom. The van der Waals surface area contributed by atoms with Crippen molar-refractivity contribution in [3.05, 3.63) is 70.0 Å². The van der Waals surface area contributed by atoms with E-state index in [2.05, 4.69) is 16.7 Å². The Balaban J connectivity index is 1.52. The van der Waals surface area contributed by atoms with Crippen LogP contribution in [0.15, 0.2) is 47.1 Å². The van der Waals surface area contributed by atoms with Gasteiger partial charge < -0.3 is 15.1 Å². The lowest BCUT2D eigenvalue weighted by Crippen LogP contribution is -2.14. The molecule has 0 fully saturated rings. The lowest BCUT2D eigenvalue weighted by molar-refractivity contribution is 0.0993. The van der Waals surface area contributed by atoms with Crippen molar-refractivity contribution in [2.75, 3.05) is 10.6 Å². The standard InChI is InChI=1S/C21H17N3O3S/c22-12-16-15-7-1-2-9-18(15)28-21(16)24-19(25)13-5-3-6-14(11-13)23-20(26)17-8-4-10-27-17/h3-6,8,10-11H,1-2,7,9H2,(H,23,26)(H,24,25). The third kappa shape index (κ3) is 3.55. The number of rotatable bonds is 4. The summed E-state index contributed by atoms with van der Waals surface area (Å²) in [6.45, 7) is 0. The van der Waals surface area contributed by atoms with E-state index in [1.165, 1.54) is 22.5 Å². The molecule has 0 saturated heterocycles. The molecule has 0 unspecified atom stereocenters. The molecule has 3 aromatic rings. The molecule has 0 bridgehead atoms. The Morgan fingerprint density at radius 2 is 1.93 bits per heavy atom. The second kappa shape index (κ2) is 7.71. The van der Waals surface area contributed by atoms with Crippen LogP contribution in [0.4, 0.5) is 10.7 Å². The van der Waals surface area contributed by atoms with E-state index in [4.69, 9.17) is 4.42 Å². The Bertz CT molecular complexity index is 1080. The summed E-state index contributed by atoms with van der Waals surface area (Å²) < 4.78 is 5.07. The van der Waals surface area contributed by atoms with E-state index in [0.29, 0.717) is 21.8 Å². The first-order valence-electron chi connectivity index (χ1n) is 8.96. The number of fused-ring (bicyclic) bond motifs is 1. The minimum atomic E-state index is -0.389. The predicted molar refractivity (Wildman–Crippen MR) is 107 cm³/mol. The monoisotopic (exact) mass is 391 g/mol. The zero-order valence-corrected chi connectivity index (χ0v) is 15.8. The first kappa shape index (κ1) is 18.0. The Labute approximate surface area is 165 Å². The number of anilines is 2. The number of furan rings is 1. The number of carbonyl (C=O) groups excluding carboxylic acids is 2. The molecule has 7 heteroatoms. The van der Waals surface area contributed by atoms with Gasteiger partial charge >= 0.3 is 0 Å². The second-order valence-corrected chi connectivity index (χ2v) is 7.60. The highest BCUT2D eigenvalue weighted by atomic mass is 32.1. The number of hydrogen-bond donors (Lipinski definition) is 2. The maximum Gasteiger partial charge on any atom is 0.291 e. The summed E-state index contributed by atoms with van der Waals surface area (Å²) in [4.78, 5) is 26.0. The number of nitriles is 1. The highest BCUT2D eigenvalue weighted by Crippen LogP contribution is 2.37. The highest BCUT2D eigenvalue weighted by Gasteiger charge is 2.22. The number of nitrogens with one attached hydrogen (secondary N) is 2. The molecule has 1 aliphatic rings. The third-order valence-corrected chi connectivity index (χ3v) is 5.84. The average Bonchev–Trinajstić information content (AvgIpc) is 3.36. The van der Waals surface area contributed by atoms with Crippen molar-refractivity contribution in [3.63, 3.8) is 0 Å². The van der Waals surface area contributed by atoms with Gasteiger partial charge in [-0.1, -0.05) is 6.07 Å². The largest absolute Gasteiger partial charge is 0.459 e. The molecule has 0 spiro atoms. The molecule has 2 N–H and O–H groups in total. The third-order valence-electron chi connectivity index (χ3n) is 4.64. The Hall–Kier alpha value is -3.37. The van der Waals surface area contributed by atoms with Gasteiger partial charge in [0.15, 0.2) is 5.76 Å². The van der Waals surface area contributed by atoms with Gasteiger partial charge in [0.05, 0.1) is 11.8 Å². The molecule has 1 aromatic carbocycles. The van der Waals surface area contributed by atoms with Crippen molar-refractivity contribution in [2.45, 2.75) is 25.7 Å². The Morgan fingerprint density at radius 3 is 2.71 bits per heavy atom. The van der Waals surface area contributed by atoms with E-state index in [9.17, 15) is 14.9 Å². The average molecular weight is 391 g/mol. The SMILES string of the molecule is N#Cc1c(NC(=O)c2cccc(NC(=O)c3ccco3)c2)sc2c1CCCC2. The molecule has 6 nitrogen and oxygen atoms in total. The number of thiophene rings is 1. The molecule has 28 heavy (non-hydrogen) atoms. The van der Waals surface area contributed by atoms with Gasteiger partial charge in [-0.3, -0.25) is 9.59 Å². The number of carbonyl (C=O) groups is 2. The molecule has 0 saturated carbocycles. The van der Waals surface area contributed by atoms with Crippen molar-refractivity contribution < 1.29 is 14.0 Å². The Kier molecular flexibility index (Phi) is 4.96. The van der Waals surface area contributed by atoms with Crippen molar-refractivity contribution >= 4 is 33.8 Å². The quantitative estimate of drug-likeness (QED) is 0.680. The number of aryl methyl sites for hydroxylation is 1. The van der Waals surface area contributed by atoms with Gasteiger partial charge in [0.2, 0.25) is 0 Å². The maximum atomic E-state index is 12.7. The number of amides is 2. The molecule has 1 aliphatic carbocycles. The normalized spacial score (nSPS) is 12.7. The van der Waals surface area contributed by atoms with Gasteiger partial charge in [0, 0.05) is 16.1 Å². The van der Waals surface area contributed by atoms with Crippen LogP contribution in [-0.2, 0) is 12.8 Å². The maximum absolute atomic E-state index is 12.7. The van der Waals surface area contributed by atoms with Gasteiger partial charge in [-0.25, -0.2) is 0 Å². The molecule has 140 valence electrons. The van der Waals surface area contributed by atoms with Crippen LogP contribution in [0.25, 0.3) is 0 Å². The molecule has 0 aliphatic heterocycles. The summed E-state index contributed by atoms with van der Waals surface area (Å²) in [6, 6.07) is 12.1. The van der Waals surface area contributed by atoms with E-state index in [0.717, 1.165) is 31.2 Å². The minimum Gasteiger partial charge on any atom is -0.459 e. The molecule has 4 rings (SSSR count). The number of hydrogen-bond acceptors (Lipinski definition) is 5. The van der Waals surface area contributed by atoms with Crippen LogP contribution in [-0.4, -0.2) is 11.8 Å². The van der Waals surface area contributed by atoms with Crippen LogP contribution in [0.1, 0.15) is 49.8 Å². The summed E-state index contributed by atoms with van der Waals surface area (Å²) >= 11 is 1.49. The first-order chi connectivity index (χ1) is 13.7. The molecule has 0 radical (unpaired) electrons. The predicted octanol–water partition coefficient (Wildman–Crippen LogP) is 4.60. The van der Waals surface area contributed by atoms with Crippen molar-refractivity contribution in [1.82, 2.24) is 0 Å². The van der Waals surface area contributed by atoms with Crippen LogP contribution in [0.5, 0.6) is 0 Å². The zero-order chi connectivity index (χ0) is 19.5. The lowest BCUT2D eigenvalue weighted by Gasteiger charge is -2.09. The highest BCUT2D eigenvalue weighted by molar-refractivity contribution is 7.16. The van der Waals surface area contributed by atoms with Crippen LogP contribution < -0.4 is 10.6 Å². The van der Waals surface area contributed by atoms with E-state index in [1.807, 2.05) is 0 Å². The zero-order valence-electron chi connectivity index (χ0n) is 15.0. The molecule has 2 aromatic heterocycles. The fraction of sp³-hybridized carbons (Fsp3) is 0.190. The van der Waals surface area contributed by atoms with E-state index in [-0.39, 0.29) is 17.6 Å². The molecular formula is C21H17N3O3S. The summed E-state index contributed by atoms with van der Waals surface area (Å²) in [5.41, 5.74) is 2.54. The smallest absolute Gasteiger partial charge is 0.291 e. The summed E-state index contributed by atoms with van der Waals surface area (Å²) in [7, 11) is 0. The lowest BCUT2D eigenvalue weighted by atomic mass is 9.96. The summed E-state index contributed by atoms with van der Waals surface area (Å²) in [5, 5.41) is 15.7. The number of benzene rings is 1. The second-order valence-electron chi connectivity index (χ2n) is 6.49. The van der Waals surface area contributed by atoms with Crippen LogP contribution >= 0.6 is 11.3 Å². The van der Waals surface area contributed by atoms with Gasteiger partial charge in [-0.05, 0) is 61.6 Å². The van der Waals surface area contributed by atoms with Gasteiger partial charge in [0.1, 0.15) is 11.1 Å². The van der Waals surface area contributed by atoms with Crippen molar-refractivity contribution in [1.29, 1.82) is 5.26 Å². The fourth-order valence-electron chi connectivity index (χ4n) is 3.29. The molecule has 2 heterocycles. The van der Waals surface area contributed by atoms with Crippen LogP contribution in [0, 0.1) is 11.3 Å². The van der Waals surface area contributed by atoms with Gasteiger partial charge in [-0.2, -0.15) is 5.26 Å². The van der Waals surface area contributed by atoms with E-state index in [1.54, 1.807) is 36.4 Å². The minimum absolute atomic E-state index is 0.192. The van der Waals surface area contributed by atoms with Crippen LogP contribution in [0.2, 0.25) is 0 Å². The van der Waals surface area contributed by atoms with E-state index >= 15 is 0 Å². The molecule has 2 amide bonds. The number of nitrogens with zero attached hydrogens (tertiary/aromatic N) is 1. The topological polar surface area (TPSA) is 95.1 Å². The van der Waals surface area contributed by atoms with Crippen molar-refractivity contribution in [2.24, 2.45) is 0 Å². The van der Waals surface area contributed by atoms with Crippen molar-refractivity contribution in [3.8, 4) is 6.07 Å². The van der Waals surface area contributed by atoms with Gasteiger partial charge in [-0.15, -0.1) is 11.3 Å². The fourth-order valence-corrected chi connectivity index (χ4v) is 4.52. The van der Waals surface area contributed by atoms with E-state index < -0.39 is 0 Å². The summed E-state index contributed by atoms with van der Waals surface area (Å²) in [5.74, 6) is -0.512. The molecule has 0 atom stereocenters. The summed E-state index contributed by atoms with van der Waals surface area (Å²) in [6.07, 6.45) is 5.45.